The van der Waals surface area contributed by atoms with Gasteiger partial charge in [-0.25, -0.2) is 9.69 Å². The number of anilines is 1. The van der Waals surface area contributed by atoms with Crippen LogP contribution in [0.3, 0.4) is 0 Å². The maximum atomic E-state index is 13.0. The third-order valence-electron chi connectivity index (χ3n) is 5.54. The molecule has 1 heterocycles. The number of benzene rings is 3. The van der Waals surface area contributed by atoms with Crippen LogP contribution < -0.4 is 10.6 Å². The zero-order valence-corrected chi connectivity index (χ0v) is 19.5. The van der Waals surface area contributed by atoms with E-state index in [1.807, 2.05) is 90.4 Å². The number of urea groups is 1. The lowest BCUT2D eigenvalue weighted by molar-refractivity contribution is -0.129. The van der Waals surface area contributed by atoms with Crippen molar-refractivity contribution in [2.24, 2.45) is 0 Å². The summed E-state index contributed by atoms with van der Waals surface area (Å²) < 4.78 is 1.11. The minimum absolute atomic E-state index is 0.237. The summed E-state index contributed by atoms with van der Waals surface area (Å²) in [6.45, 7) is 1.97. The van der Waals surface area contributed by atoms with Gasteiger partial charge in [-0.2, -0.15) is 5.26 Å². The molecule has 0 aliphatic carbocycles. The Labute approximate surface area is 202 Å². The highest BCUT2D eigenvalue weighted by Gasteiger charge is 2.26. The van der Waals surface area contributed by atoms with Gasteiger partial charge in [-0.3, -0.25) is 4.79 Å². The Hall–Kier alpha value is -4.15. The van der Waals surface area contributed by atoms with Gasteiger partial charge < -0.3 is 10.6 Å². The maximum absolute atomic E-state index is 13.0. The monoisotopic (exact) mass is 468 g/mol. The summed E-state index contributed by atoms with van der Waals surface area (Å²) in [6, 6.07) is 24.0. The number of hydrogen-bond donors (Lipinski definition) is 2. The van der Waals surface area contributed by atoms with Crippen molar-refractivity contribution in [1.82, 2.24) is 10.2 Å². The Bertz CT molecular complexity index is 1330. The fourth-order valence-corrected chi connectivity index (χ4v) is 4.75. The van der Waals surface area contributed by atoms with Crippen LogP contribution in [0.5, 0.6) is 0 Å². The molecule has 0 spiro atoms. The summed E-state index contributed by atoms with van der Waals surface area (Å²) in [7, 11) is 0. The second kappa shape index (κ2) is 10.6. The lowest BCUT2D eigenvalue weighted by Crippen LogP contribution is -2.49. The van der Waals surface area contributed by atoms with Crippen LogP contribution in [0.25, 0.3) is 21.2 Å². The molecule has 7 heteroatoms. The molecule has 0 saturated heterocycles. The lowest BCUT2D eigenvalue weighted by Gasteiger charge is -2.22. The van der Waals surface area contributed by atoms with Gasteiger partial charge in [-0.1, -0.05) is 60.7 Å². The van der Waals surface area contributed by atoms with E-state index < -0.39 is 18.0 Å². The van der Waals surface area contributed by atoms with E-state index in [1.165, 1.54) is 0 Å². The molecule has 0 saturated carbocycles. The Morgan fingerprint density at radius 1 is 0.971 bits per heavy atom. The van der Waals surface area contributed by atoms with Crippen molar-refractivity contribution in [3.63, 3.8) is 0 Å². The number of rotatable bonds is 7. The smallest absolute Gasteiger partial charge is 0.319 e. The van der Waals surface area contributed by atoms with E-state index in [1.54, 1.807) is 18.3 Å². The minimum Gasteiger partial charge on any atom is -0.326 e. The largest absolute Gasteiger partial charge is 0.326 e. The van der Waals surface area contributed by atoms with Crippen LogP contribution >= 0.6 is 11.3 Å². The number of carbonyl (C=O) groups excluding carboxylic acids is 2. The highest BCUT2D eigenvalue weighted by Crippen LogP contribution is 2.27. The molecular formula is C27H24N4O2S. The number of nitrogens with zero attached hydrogens (tertiary/aromatic N) is 2. The van der Waals surface area contributed by atoms with Crippen molar-refractivity contribution < 1.29 is 9.59 Å². The van der Waals surface area contributed by atoms with Gasteiger partial charge in [0.25, 0.3) is 5.91 Å². The van der Waals surface area contributed by atoms with Crippen LogP contribution in [0.1, 0.15) is 12.5 Å². The summed E-state index contributed by atoms with van der Waals surface area (Å²) in [6.07, 6.45) is 2.20. The molecule has 3 amide bonds. The molecule has 0 aliphatic heterocycles. The number of hydrogen-bond acceptors (Lipinski definition) is 4. The normalized spacial score (nSPS) is 11.4. The number of nitrogens with one attached hydrogen (secondary N) is 2. The number of fused-ring (bicyclic) bond motifs is 1. The molecule has 2 N–H and O–H groups in total. The van der Waals surface area contributed by atoms with E-state index in [-0.39, 0.29) is 6.54 Å². The number of thiophene rings is 1. The Morgan fingerprint density at radius 2 is 1.65 bits per heavy atom. The highest BCUT2D eigenvalue weighted by molar-refractivity contribution is 7.17. The van der Waals surface area contributed by atoms with Gasteiger partial charge in [0.1, 0.15) is 6.04 Å². The van der Waals surface area contributed by atoms with Crippen molar-refractivity contribution in [1.29, 1.82) is 5.26 Å². The van der Waals surface area contributed by atoms with Crippen molar-refractivity contribution in [3.8, 4) is 17.3 Å². The van der Waals surface area contributed by atoms with Crippen LogP contribution in [0, 0.1) is 11.5 Å². The quantitative estimate of drug-likeness (QED) is 0.272. The average Bonchev–Trinajstić information content (AvgIpc) is 3.28. The fourth-order valence-electron chi connectivity index (χ4n) is 3.78. The van der Waals surface area contributed by atoms with Crippen molar-refractivity contribution in [2.45, 2.75) is 19.4 Å². The molecule has 1 unspecified atom stereocenters. The van der Waals surface area contributed by atoms with E-state index in [4.69, 9.17) is 0 Å². The standard InChI is InChI=1S/C27H24N4O2S/c1-2-31(18-28)26(32)24(16-21-17-34-25-11-7-6-10-23(21)25)30-27(33)29-22-14-12-20(13-15-22)19-8-4-3-5-9-19/h3-15,17,24H,2,16H2,1H3,(H2,29,30,33). The Kier molecular flexibility index (Phi) is 7.21. The average molecular weight is 469 g/mol. The number of nitriles is 1. The van der Waals surface area contributed by atoms with E-state index in [0.717, 1.165) is 31.7 Å². The third kappa shape index (κ3) is 5.25. The summed E-state index contributed by atoms with van der Waals surface area (Å²) in [5, 5.41) is 18.0. The summed E-state index contributed by atoms with van der Waals surface area (Å²) in [4.78, 5) is 26.9. The molecule has 170 valence electrons. The predicted molar refractivity (Wildman–Crippen MR) is 136 cm³/mol. The molecule has 3 aromatic carbocycles. The van der Waals surface area contributed by atoms with Gasteiger partial charge in [0.2, 0.25) is 0 Å². The maximum Gasteiger partial charge on any atom is 0.319 e. The van der Waals surface area contributed by atoms with Crippen LogP contribution in [-0.2, 0) is 11.2 Å². The fraction of sp³-hybridized carbons (Fsp3) is 0.148. The van der Waals surface area contributed by atoms with Crippen LogP contribution in [0.2, 0.25) is 0 Å². The number of carbonyl (C=O) groups is 2. The third-order valence-corrected chi connectivity index (χ3v) is 6.55. The van der Waals surface area contributed by atoms with E-state index in [9.17, 15) is 14.9 Å². The van der Waals surface area contributed by atoms with Gasteiger partial charge in [0, 0.05) is 23.4 Å². The van der Waals surface area contributed by atoms with Crippen LogP contribution in [0.15, 0.2) is 84.2 Å². The zero-order chi connectivity index (χ0) is 23.9. The predicted octanol–water partition coefficient (Wildman–Crippen LogP) is 5.63. The molecule has 6 nitrogen and oxygen atoms in total. The molecule has 0 fully saturated rings. The lowest BCUT2D eigenvalue weighted by atomic mass is 10.0. The van der Waals surface area contributed by atoms with Gasteiger partial charge in [0.05, 0.1) is 0 Å². The number of likely N-dealkylation sites (N-methyl/N-ethyl adjacent to an activating group) is 1. The van der Waals surface area contributed by atoms with Crippen molar-refractivity contribution in [3.05, 3.63) is 89.8 Å². The van der Waals surface area contributed by atoms with E-state index in [2.05, 4.69) is 10.6 Å². The molecule has 1 atom stereocenters. The summed E-state index contributed by atoms with van der Waals surface area (Å²) in [5.41, 5.74) is 3.69. The van der Waals surface area contributed by atoms with Gasteiger partial charge in [0.15, 0.2) is 6.19 Å². The summed E-state index contributed by atoms with van der Waals surface area (Å²) in [5.74, 6) is -0.435. The van der Waals surface area contributed by atoms with Gasteiger partial charge >= 0.3 is 6.03 Å². The molecule has 0 bridgehead atoms. The van der Waals surface area contributed by atoms with Crippen LogP contribution in [0.4, 0.5) is 10.5 Å². The SMILES string of the molecule is CCN(C#N)C(=O)C(Cc1csc2ccccc12)NC(=O)Nc1ccc(-c2ccccc2)cc1. The molecule has 1 aromatic heterocycles. The Morgan fingerprint density at radius 3 is 2.35 bits per heavy atom. The van der Waals surface area contributed by atoms with Crippen molar-refractivity contribution in [2.75, 3.05) is 11.9 Å². The van der Waals surface area contributed by atoms with E-state index >= 15 is 0 Å². The molecule has 4 aromatic rings. The molecule has 0 radical (unpaired) electrons. The zero-order valence-electron chi connectivity index (χ0n) is 18.7. The molecule has 0 aliphatic rings. The van der Waals surface area contributed by atoms with Gasteiger partial charge in [-0.05, 0) is 52.6 Å². The first-order chi connectivity index (χ1) is 16.6. The second-order valence-corrected chi connectivity index (χ2v) is 8.65. The van der Waals surface area contributed by atoms with Crippen LogP contribution in [-0.4, -0.2) is 29.4 Å². The molecule has 34 heavy (non-hydrogen) atoms. The minimum atomic E-state index is -0.874. The first-order valence-electron chi connectivity index (χ1n) is 11.0. The van der Waals surface area contributed by atoms with E-state index in [0.29, 0.717) is 12.1 Å². The first kappa shape index (κ1) is 23.0. The topological polar surface area (TPSA) is 85.2 Å². The highest BCUT2D eigenvalue weighted by atomic mass is 32.1. The summed E-state index contributed by atoms with van der Waals surface area (Å²) >= 11 is 1.59. The second-order valence-electron chi connectivity index (χ2n) is 7.74. The molecular weight excluding hydrogens is 444 g/mol. The number of amides is 3. The first-order valence-corrected chi connectivity index (χ1v) is 11.9. The molecule has 4 rings (SSSR count). The van der Waals surface area contributed by atoms with Crippen molar-refractivity contribution >= 4 is 39.0 Å². The van der Waals surface area contributed by atoms with Gasteiger partial charge in [-0.15, -0.1) is 11.3 Å². The Balaban J connectivity index is 1.49.